The molecule has 50 heavy (non-hydrogen) atoms. The maximum atomic E-state index is 13.1. The van der Waals surface area contributed by atoms with Crippen molar-refractivity contribution >= 4 is 63.8 Å². The Hall–Kier alpha value is -4.50. The fourth-order valence-electron chi connectivity index (χ4n) is 6.28. The number of nitrogens with zero attached hydrogens (tertiary/aromatic N) is 5. The van der Waals surface area contributed by atoms with E-state index in [0.717, 1.165) is 43.7 Å². The Morgan fingerprint density at radius 1 is 1.04 bits per heavy atom. The van der Waals surface area contributed by atoms with Crippen LogP contribution in [0.5, 0.6) is 5.88 Å². The van der Waals surface area contributed by atoms with Crippen LogP contribution in [-0.4, -0.2) is 77.3 Å². The minimum Gasteiger partial charge on any atom is -0.475 e. The van der Waals surface area contributed by atoms with Crippen LogP contribution >= 0.6 is 23.2 Å². The molecule has 4 amide bonds. The number of benzene rings is 1. The number of fused-ring (bicyclic) bond motifs is 1. The predicted molar refractivity (Wildman–Crippen MR) is 190 cm³/mol. The summed E-state index contributed by atoms with van der Waals surface area (Å²) in [7, 11) is 1.56. The molecule has 6 rings (SSSR count). The van der Waals surface area contributed by atoms with Crippen molar-refractivity contribution in [3.05, 3.63) is 70.2 Å². The molecule has 16 heteroatoms. The second kappa shape index (κ2) is 16.0. The average Bonchev–Trinajstić information content (AvgIpc) is 3.49. The van der Waals surface area contributed by atoms with Crippen LogP contribution in [0.3, 0.4) is 0 Å². The summed E-state index contributed by atoms with van der Waals surface area (Å²) in [6, 6.07) is 10.8. The summed E-state index contributed by atoms with van der Waals surface area (Å²) in [4.78, 5) is 47.8. The molecule has 4 aromatic rings. The van der Waals surface area contributed by atoms with Crippen LogP contribution in [-0.2, 0) is 14.3 Å². The molecule has 5 heterocycles. The van der Waals surface area contributed by atoms with Gasteiger partial charge in [0.1, 0.15) is 12.3 Å². The van der Waals surface area contributed by atoms with Gasteiger partial charge in [0.2, 0.25) is 17.7 Å². The van der Waals surface area contributed by atoms with Crippen molar-refractivity contribution in [3.8, 4) is 5.88 Å². The van der Waals surface area contributed by atoms with Gasteiger partial charge in [-0.15, -0.1) is 0 Å². The van der Waals surface area contributed by atoms with E-state index in [1.165, 1.54) is 16.9 Å². The number of hydrogen-bond donors (Lipinski definition) is 4. The fraction of sp³-hybridized carbons (Fsp3) is 0.412. The number of ether oxygens (including phenoxy) is 2. The Balaban J connectivity index is 0.952. The largest absolute Gasteiger partial charge is 0.475 e. The maximum Gasteiger partial charge on any atom is 0.323 e. The molecular weight excluding hydrogens is 685 g/mol. The number of carbonyl (C=O) groups excluding carboxylic acids is 3. The lowest BCUT2D eigenvalue weighted by Gasteiger charge is -2.34. The highest BCUT2D eigenvalue weighted by Gasteiger charge is 2.28. The molecule has 264 valence electrons. The zero-order valence-corrected chi connectivity index (χ0v) is 29.3. The van der Waals surface area contributed by atoms with Gasteiger partial charge in [-0.3, -0.25) is 14.9 Å². The molecule has 4 N–H and O–H groups in total. The van der Waals surface area contributed by atoms with Crippen molar-refractivity contribution in [2.24, 2.45) is 5.92 Å². The smallest absolute Gasteiger partial charge is 0.323 e. The van der Waals surface area contributed by atoms with Gasteiger partial charge < -0.3 is 30.3 Å². The first-order valence-electron chi connectivity index (χ1n) is 16.5. The molecule has 0 radical (unpaired) electrons. The van der Waals surface area contributed by atoms with Crippen LogP contribution in [0.15, 0.2) is 48.8 Å². The molecule has 0 aliphatic carbocycles. The first-order chi connectivity index (χ1) is 24.2. The Morgan fingerprint density at radius 3 is 2.54 bits per heavy atom. The number of methoxy groups -OCH3 is 1. The molecule has 14 nitrogen and oxygen atoms in total. The van der Waals surface area contributed by atoms with Gasteiger partial charge in [-0.05, 0) is 62.4 Å². The first-order valence-corrected chi connectivity index (χ1v) is 17.3. The van der Waals surface area contributed by atoms with Gasteiger partial charge in [0.25, 0.3) is 0 Å². The molecule has 3 aromatic heterocycles. The van der Waals surface area contributed by atoms with Crippen molar-refractivity contribution in [2.75, 3.05) is 55.4 Å². The number of rotatable bonds is 12. The molecule has 0 spiro atoms. The van der Waals surface area contributed by atoms with Crippen LogP contribution in [0, 0.1) is 5.92 Å². The van der Waals surface area contributed by atoms with Crippen molar-refractivity contribution in [1.29, 1.82) is 0 Å². The number of imide groups is 1. The topological polar surface area (TPSA) is 164 Å². The van der Waals surface area contributed by atoms with Gasteiger partial charge >= 0.3 is 6.03 Å². The van der Waals surface area contributed by atoms with E-state index in [1.54, 1.807) is 19.2 Å². The van der Waals surface area contributed by atoms with Gasteiger partial charge in [-0.25, -0.2) is 19.3 Å². The monoisotopic (exact) mass is 723 g/mol. The number of hydrogen-bond acceptors (Lipinski definition) is 10. The summed E-state index contributed by atoms with van der Waals surface area (Å²) in [5.41, 5.74) is 3.87. The molecule has 2 aliphatic heterocycles. The van der Waals surface area contributed by atoms with E-state index >= 15 is 0 Å². The molecule has 1 unspecified atom stereocenters. The number of amides is 4. The second-order valence-electron chi connectivity index (χ2n) is 12.3. The zero-order valence-electron chi connectivity index (χ0n) is 27.7. The third kappa shape index (κ3) is 8.44. The lowest BCUT2D eigenvalue weighted by molar-refractivity contribution is -0.134. The van der Waals surface area contributed by atoms with Gasteiger partial charge in [0.15, 0.2) is 10.8 Å². The van der Waals surface area contributed by atoms with E-state index in [2.05, 4.69) is 53.4 Å². The van der Waals surface area contributed by atoms with E-state index in [4.69, 9.17) is 32.7 Å². The third-order valence-corrected chi connectivity index (χ3v) is 9.40. The second-order valence-corrected chi connectivity index (χ2v) is 13.2. The minimum atomic E-state index is -0.558. The third-order valence-electron chi connectivity index (χ3n) is 9.01. The first kappa shape index (κ1) is 35.3. The summed E-state index contributed by atoms with van der Waals surface area (Å²) >= 11 is 12.3. The number of carbonyl (C=O) groups is 3. The van der Waals surface area contributed by atoms with E-state index in [9.17, 15) is 14.4 Å². The van der Waals surface area contributed by atoms with Gasteiger partial charge in [0, 0.05) is 51.1 Å². The SMILES string of the molecule is CO[C@@H](C)c1c(NC(=O)Nc2cc(Cl)cnc2OCCNCC2CCN(c3ccc(C4CCC(=O)NC4=O)cc3)CC2)cnc2cc(Cl)nn12. The van der Waals surface area contributed by atoms with E-state index < -0.39 is 12.1 Å². The number of pyridine rings is 1. The Labute approximate surface area is 299 Å². The van der Waals surface area contributed by atoms with E-state index in [-0.39, 0.29) is 28.8 Å². The van der Waals surface area contributed by atoms with E-state index in [0.29, 0.717) is 59.6 Å². The van der Waals surface area contributed by atoms with Crippen molar-refractivity contribution in [2.45, 2.75) is 44.6 Å². The number of aromatic nitrogens is 4. The van der Waals surface area contributed by atoms with Crippen molar-refractivity contribution in [3.63, 3.8) is 0 Å². The lowest BCUT2D eigenvalue weighted by Crippen LogP contribution is -2.39. The highest BCUT2D eigenvalue weighted by Crippen LogP contribution is 2.30. The molecule has 2 aliphatic rings. The van der Waals surface area contributed by atoms with Crippen molar-refractivity contribution < 1.29 is 23.9 Å². The average molecular weight is 725 g/mol. The lowest BCUT2D eigenvalue weighted by atomic mass is 9.90. The maximum absolute atomic E-state index is 13.1. The summed E-state index contributed by atoms with van der Waals surface area (Å²) < 4.78 is 13.0. The van der Waals surface area contributed by atoms with E-state index in [1.807, 2.05) is 19.1 Å². The molecule has 2 atom stereocenters. The highest BCUT2D eigenvalue weighted by molar-refractivity contribution is 6.31. The van der Waals surface area contributed by atoms with Crippen LogP contribution in [0.1, 0.15) is 55.9 Å². The predicted octanol–water partition coefficient (Wildman–Crippen LogP) is 5.19. The zero-order chi connectivity index (χ0) is 35.2. The number of halogens is 2. The fourth-order valence-corrected chi connectivity index (χ4v) is 6.61. The molecule has 2 saturated heterocycles. The summed E-state index contributed by atoms with van der Waals surface area (Å²) in [5, 5.41) is 16.4. The molecular formula is C34H39Cl2N9O5. The highest BCUT2D eigenvalue weighted by atomic mass is 35.5. The van der Waals surface area contributed by atoms with Gasteiger partial charge in [-0.2, -0.15) is 5.10 Å². The van der Waals surface area contributed by atoms with Crippen LogP contribution in [0.25, 0.3) is 5.65 Å². The molecule has 0 saturated carbocycles. The van der Waals surface area contributed by atoms with Crippen LogP contribution in [0.2, 0.25) is 10.2 Å². The van der Waals surface area contributed by atoms with Crippen LogP contribution in [0.4, 0.5) is 21.9 Å². The Bertz CT molecular complexity index is 1850. The standard InChI is InChI=1S/C34H39Cl2N9O5/c1-20(49-2)31-27(19-38-29-16-28(36)43-45(29)31)41-34(48)40-26-15-23(35)18-39-33(26)50-14-11-37-17-21-9-12-44(13-10-21)24-5-3-22(4-6-24)25-7-8-30(46)42-32(25)47/h3-6,15-16,18-21,25,37H,7-14,17H2,1-2H3,(H2,40,41,48)(H,42,46,47)/t20-,25?/m0/s1. The normalized spacial score (nSPS) is 17.4. The number of anilines is 3. The molecule has 1 aromatic carbocycles. The summed E-state index contributed by atoms with van der Waals surface area (Å²) in [6.45, 7) is 5.49. The Morgan fingerprint density at radius 2 is 1.80 bits per heavy atom. The van der Waals surface area contributed by atoms with Crippen LogP contribution < -0.4 is 30.9 Å². The minimum absolute atomic E-state index is 0.201. The van der Waals surface area contributed by atoms with Crippen molar-refractivity contribution in [1.82, 2.24) is 30.2 Å². The summed E-state index contributed by atoms with van der Waals surface area (Å²) in [5.74, 6) is 0.0800. The number of nitrogens with one attached hydrogen (secondary N) is 4. The molecule has 0 bridgehead atoms. The number of urea groups is 1. The quantitative estimate of drug-likeness (QED) is 0.113. The number of piperidine rings is 2. The van der Waals surface area contributed by atoms with Gasteiger partial charge in [0.05, 0.1) is 34.6 Å². The summed E-state index contributed by atoms with van der Waals surface area (Å²) in [6.07, 6.45) is 5.57. The Kier molecular flexibility index (Phi) is 11.3. The molecule has 2 fully saturated rings. The van der Waals surface area contributed by atoms with Gasteiger partial charge in [-0.1, -0.05) is 35.3 Å².